The van der Waals surface area contributed by atoms with Gasteiger partial charge in [-0.25, -0.2) is 4.79 Å². The molecular formula is C24H35N7O2. The number of nitrogens with two attached hydrogens (primary N) is 2. The Kier molecular flexibility index (Phi) is 7.42. The van der Waals surface area contributed by atoms with Gasteiger partial charge in [0.25, 0.3) is 0 Å². The van der Waals surface area contributed by atoms with Crippen LogP contribution in [0.2, 0.25) is 0 Å². The molecule has 3 fully saturated rings. The van der Waals surface area contributed by atoms with Crippen molar-refractivity contribution in [1.29, 1.82) is 0 Å². The average molecular weight is 454 g/mol. The predicted molar refractivity (Wildman–Crippen MR) is 130 cm³/mol. The SMILES string of the molecule is NC1CC2(C1)CC(NCCc1ccc(-n3ccc(N4CCNCC4)nc3=O)cc1)C2.NC=O. The molecule has 178 valence electrons. The maximum absolute atomic E-state index is 12.5. The molecule has 0 unspecified atom stereocenters. The summed E-state index contributed by atoms with van der Waals surface area (Å²) >= 11 is 0. The Morgan fingerprint density at radius 3 is 2.39 bits per heavy atom. The Bertz CT molecular complexity index is 971. The minimum Gasteiger partial charge on any atom is -0.372 e. The molecule has 0 atom stereocenters. The van der Waals surface area contributed by atoms with Crippen molar-refractivity contribution in [2.45, 2.75) is 44.2 Å². The van der Waals surface area contributed by atoms with Gasteiger partial charge in [-0.3, -0.25) is 9.36 Å². The summed E-state index contributed by atoms with van der Waals surface area (Å²) in [4.78, 5) is 27.6. The minimum atomic E-state index is -0.227. The van der Waals surface area contributed by atoms with E-state index < -0.39 is 0 Å². The Labute approximate surface area is 194 Å². The molecule has 2 aromatic rings. The van der Waals surface area contributed by atoms with Crippen LogP contribution in [0.3, 0.4) is 0 Å². The summed E-state index contributed by atoms with van der Waals surface area (Å²) in [6.45, 7) is 4.61. The Morgan fingerprint density at radius 2 is 1.79 bits per heavy atom. The molecule has 6 N–H and O–H groups in total. The van der Waals surface area contributed by atoms with Gasteiger partial charge in [0.1, 0.15) is 5.82 Å². The molecule has 1 spiro atoms. The molecule has 9 heteroatoms. The fraction of sp³-hybridized carbons (Fsp3) is 0.542. The normalized spacial score (nSPS) is 26.0. The summed E-state index contributed by atoms with van der Waals surface area (Å²) in [6, 6.07) is 11.3. The second-order valence-electron chi connectivity index (χ2n) is 9.46. The highest BCUT2D eigenvalue weighted by Crippen LogP contribution is 2.55. The van der Waals surface area contributed by atoms with Crippen molar-refractivity contribution in [2.24, 2.45) is 16.9 Å². The zero-order chi connectivity index (χ0) is 23.3. The van der Waals surface area contributed by atoms with Gasteiger partial charge in [-0.15, -0.1) is 0 Å². The lowest BCUT2D eigenvalue weighted by Crippen LogP contribution is -2.58. The number of aromatic nitrogens is 2. The number of benzene rings is 1. The average Bonchev–Trinajstić information content (AvgIpc) is 2.78. The molecule has 0 bridgehead atoms. The van der Waals surface area contributed by atoms with E-state index in [-0.39, 0.29) is 12.1 Å². The smallest absolute Gasteiger partial charge is 0.354 e. The van der Waals surface area contributed by atoms with Crippen LogP contribution in [0.25, 0.3) is 5.69 Å². The summed E-state index contributed by atoms with van der Waals surface area (Å²) in [6.07, 6.45) is 8.10. The number of piperazine rings is 1. The molecule has 1 aliphatic heterocycles. The third kappa shape index (κ3) is 5.61. The van der Waals surface area contributed by atoms with Gasteiger partial charge in [0, 0.05) is 44.5 Å². The zero-order valence-corrected chi connectivity index (χ0v) is 19.1. The highest BCUT2D eigenvalue weighted by atomic mass is 16.1. The summed E-state index contributed by atoms with van der Waals surface area (Å²) < 4.78 is 1.62. The molecule has 0 radical (unpaired) electrons. The molecule has 5 rings (SSSR count). The molecule has 1 aromatic heterocycles. The van der Waals surface area contributed by atoms with Crippen LogP contribution in [0.4, 0.5) is 5.82 Å². The largest absolute Gasteiger partial charge is 0.372 e. The number of amides is 1. The maximum atomic E-state index is 12.5. The first kappa shape index (κ1) is 23.4. The van der Waals surface area contributed by atoms with Crippen molar-refractivity contribution in [3.8, 4) is 5.69 Å². The molecule has 33 heavy (non-hydrogen) atoms. The molecule has 9 nitrogen and oxygen atoms in total. The van der Waals surface area contributed by atoms with Crippen LogP contribution in [-0.2, 0) is 11.2 Å². The number of anilines is 1. The van der Waals surface area contributed by atoms with Crippen LogP contribution in [0.1, 0.15) is 31.2 Å². The first-order chi connectivity index (χ1) is 16.0. The molecule has 2 heterocycles. The van der Waals surface area contributed by atoms with E-state index in [1.165, 1.54) is 31.2 Å². The number of hydrogen-bond acceptors (Lipinski definition) is 7. The molecule has 1 aromatic carbocycles. The fourth-order valence-corrected chi connectivity index (χ4v) is 5.42. The quantitative estimate of drug-likeness (QED) is 0.458. The fourth-order valence-electron chi connectivity index (χ4n) is 5.42. The molecule has 1 saturated heterocycles. The van der Waals surface area contributed by atoms with Crippen molar-refractivity contribution in [1.82, 2.24) is 20.2 Å². The number of hydrogen-bond donors (Lipinski definition) is 4. The Hall–Kier alpha value is -2.75. The number of carbonyl (C=O) groups excluding carboxylic acids is 1. The Balaban J connectivity index is 0.000000821. The van der Waals surface area contributed by atoms with Crippen LogP contribution >= 0.6 is 0 Å². The summed E-state index contributed by atoms with van der Waals surface area (Å²) in [5, 5.41) is 7.00. The van der Waals surface area contributed by atoms with Gasteiger partial charge in [-0.1, -0.05) is 12.1 Å². The van der Waals surface area contributed by atoms with Gasteiger partial charge in [0.2, 0.25) is 6.41 Å². The number of nitrogens with zero attached hydrogens (tertiary/aromatic N) is 3. The summed E-state index contributed by atoms with van der Waals surface area (Å²) in [7, 11) is 0. The molecule has 3 aliphatic rings. The lowest BCUT2D eigenvalue weighted by molar-refractivity contribution is -0.106. The summed E-state index contributed by atoms with van der Waals surface area (Å²) in [5.41, 5.74) is 12.6. The molecule has 2 aliphatic carbocycles. The van der Waals surface area contributed by atoms with E-state index in [4.69, 9.17) is 10.5 Å². The molecule has 2 saturated carbocycles. The molecular weight excluding hydrogens is 418 g/mol. The topological polar surface area (TPSA) is 131 Å². The summed E-state index contributed by atoms with van der Waals surface area (Å²) in [5.74, 6) is 0.766. The first-order valence-electron chi connectivity index (χ1n) is 11.8. The van der Waals surface area contributed by atoms with Crippen molar-refractivity contribution in [3.63, 3.8) is 0 Å². The van der Waals surface area contributed by atoms with Gasteiger partial charge >= 0.3 is 5.69 Å². The van der Waals surface area contributed by atoms with Crippen LogP contribution in [0.15, 0.2) is 41.3 Å². The van der Waals surface area contributed by atoms with Crippen molar-refractivity contribution in [3.05, 3.63) is 52.6 Å². The van der Waals surface area contributed by atoms with Crippen LogP contribution in [0.5, 0.6) is 0 Å². The van der Waals surface area contributed by atoms with E-state index in [2.05, 4.69) is 38.4 Å². The van der Waals surface area contributed by atoms with Crippen molar-refractivity contribution >= 4 is 12.2 Å². The Morgan fingerprint density at radius 1 is 1.12 bits per heavy atom. The number of primary amides is 1. The monoisotopic (exact) mass is 453 g/mol. The number of nitrogens with one attached hydrogen (secondary N) is 2. The van der Waals surface area contributed by atoms with Gasteiger partial charge in [-0.05, 0) is 67.8 Å². The van der Waals surface area contributed by atoms with E-state index in [0.717, 1.165) is 50.6 Å². The van der Waals surface area contributed by atoms with Gasteiger partial charge in [-0.2, -0.15) is 4.98 Å². The standard InChI is InChI=1S/C23H32N6O.CH3NO/c24-18-13-23(14-18)15-19(16-23)26-7-5-17-1-3-20(4-2-17)29-10-6-21(27-22(29)30)28-11-8-25-9-12-28;2-1-3/h1-4,6,10,18-19,25-26H,5,7-9,11-16,24H2;1H,(H2,2,3). The van der Waals surface area contributed by atoms with E-state index in [1.807, 2.05) is 24.4 Å². The van der Waals surface area contributed by atoms with E-state index in [0.29, 0.717) is 17.5 Å². The van der Waals surface area contributed by atoms with Crippen molar-refractivity contribution < 1.29 is 4.79 Å². The third-order valence-corrected chi connectivity index (χ3v) is 7.04. The zero-order valence-electron chi connectivity index (χ0n) is 19.1. The van der Waals surface area contributed by atoms with Gasteiger partial charge in [0.05, 0.1) is 5.69 Å². The highest BCUT2D eigenvalue weighted by Gasteiger charge is 2.51. The van der Waals surface area contributed by atoms with Crippen LogP contribution in [-0.4, -0.2) is 60.8 Å². The van der Waals surface area contributed by atoms with E-state index in [9.17, 15) is 4.79 Å². The highest BCUT2D eigenvalue weighted by molar-refractivity contribution is 5.42. The number of carbonyl (C=O) groups is 1. The van der Waals surface area contributed by atoms with Gasteiger partial charge < -0.3 is 27.0 Å². The molecule has 1 amide bonds. The van der Waals surface area contributed by atoms with E-state index in [1.54, 1.807) is 4.57 Å². The first-order valence-corrected chi connectivity index (χ1v) is 11.8. The maximum Gasteiger partial charge on any atom is 0.354 e. The van der Waals surface area contributed by atoms with Crippen LogP contribution in [0, 0.1) is 5.41 Å². The van der Waals surface area contributed by atoms with Gasteiger partial charge in [0.15, 0.2) is 0 Å². The second kappa shape index (κ2) is 10.5. The van der Waals surface area contributed by atoms with Crippen molar-refractivity contribution in [2.75, 3.05) is 37.6 Å². The third-order valence-electron chi connectivity index (χ3n) is 7.04. The second-order valence-corrected chi connectivity index (χ2v) is 9.46. The lowest BCUT2D eigenvalue weighted by Gasteiger charge is -2.57. The van der Waals surface area contributed by atoms with Crippen LogP contribution < -0.4 is 32.7 Å². The predicted octanol–water partition coefficient (Wildman–Crippen LogP) is 0.146. The number of rotatable bonds is 6. The minimum absolute atomic E-state index is 0.227. The van der Waals surface area contributed by atoms with E-state index >= 15 is 0 Å². The lowest BCUT2D eigenvalue weighted by atomic mass is 9.52.